The lowest BCUT2D eigenvalue weighted by Crippen LogP contribution is -2.24. The topological polar surface area (TPSA) is 51.8 Å². The Kier molecular flexibility index (Phi) is 4.39. The van der Waals surface area contributed by atoms with E-state index in [1.54, 1.807) is 12.5 Å². The van der Waals surface area contributed by atoms with Gasteiger partial charge in [-0.15, -0.1) is 0 Å². The van der Waals surface area contributed by atoms with Gasteiger partial charge in [-0.2, -0.15) is 0 Å². The minimum atomic E-state index is -0.139. The van der Waals surface area contributed by atoms with Crippen LogP contribution < -0.4 is 0 Å². The summed E-state index contributed by atoms with van der Waals surface area (Å²) in [5.74, 6) is 0. The highest BCUT2D eigenvalue weighted by Gasteiger charge is 2.21. The van der Waals surface area contributed by atoms with Crippen molar-refractivity contribution in [3.63, 3.8) is 0 Å². The molecule has 0 saturated carbocycles. The summed E-state index contributed by atoms with van der Waals surface area (Å²) >= 11 is 0. The first kappa shape index (κ1) is 11.6. The van der Waals surface area contributed by atoms with Crippen LogP contribution in [0.25, 0.3) is 0 Å². The molecule has 2 heterocycles. The molecule has 1 aliphatic rings. The average molecular weight is 226 g/mol. The fraction of sp³-hybridized carbons (Fsp3) is 0.667. The second-order valence-corrected chi connectivity index (χ2v) is 3.99. The molecule has 0 aliphatic carbocycles. The van der Waals surface area contributed by atoms with Crippen LogP contribution >= 0.6 is 0 Å². The zero-order valence-corrected chi connectivity index (χ0v) is 9.30. The van der Waals surface area contributed by atoms with Crippen molar-refractivity contribution in [3.05, 3.63) is 24.2 Å². The van der Waals surface area contributed by atoms with Gasteiger partial charge in [0.2, 0.25) is 0 Å². The van der Waals surface area contributed by atoms with Crippen molar-refractivity contribution in [1.29, 1.82) is 0 Å². The fourth-order valence-corrected chi connectivity index (χ4v) is 1.89. The van der Waals surface area contributed by atoms with Gasteiger partial charge in [0.1, 0.15) is 0 Å². The van der Waals surface area contributed by atoms with E-state index in [1.807, 2.05) is 6.07 Å². The highest BCUT2D eigenvalue weighted by molar-refractivity contribution is 5.09. The fourth-order valence-electron chi connectivity index (χ4n) is 1.89. The van der Waals surface area contributed by atoms with E-state index in [9.17, 15) is 0 Å². The molecule has 0 bridgehead atoms. The van der Waals surface area contributed by atoms with Crippen molar-refractivity contribution in [2.24, 2.45) is 0 Å². The first-order valence-corrected chi connectivity index (χ1v) is 5.80. The van der Waals surface area contributed by atoms with Gasteiger partial charge < -0.3 is 19.0 Å². The summed E-state index contributed by atoms with van der Waals surface area (Å²) in [4.78, 5) is 0. The maximum absolute atomic E-state index is 9.01. The van der Waals surface area contributed by atoms with Gasteiger partial charge in [-0.25, -0.2) is 0 Å². The second-order valence-electron chi connectivity index (χ2n) is 3.99. The van der Waals surface area contributed by atoms with Crippen LogP contribution in [0, 0.1) is 0 Å². The van der Waals surface area contributed by atoms with E-state index in [-0.39, 0.29) is 19.0 Å². The van der Waals surface area contributed by atoms with E-state index >= 15 is 0 Å². The molecule has 4 nitrogen and oxygen atoms in total. The predicted molar refractivity (Wildman–Crippen MR) is 57.8 cm³/mol. The third-order valence-electron chi connectivity index (χ3n) is 2.76. The first-order valence-electron chi connectivity index (χ1n) is 5.80. The minimum absolute atomic E-state index is 0.0998. The lowest BCUT2D eigenvalue weighted by atomic mass is 10.1. The standard InChI is InChI=1S/C12H18O4/c13-6-4-11(10-5-8-14-9-10)16-12-3-1-2-7-15-12/h5,8-9,11-13H,1-4,6-7H2. The highest BCUT2D eigenvalue weighted by Crippen LogP contribution is 2.26. The van der Waals surface area contributed by atoms with Gasteiger partial charge in [-0.3, -0.25) is 0 Å². The Balaban J connectivity index is 1.91. The van der Waals surface area contributed by atoms with Gasteiger partial charge in [0.15, 0.2) is 6.29 Å². The SMILES string of the molecule is OCCC(OC1CCCCO1)c1ccoc1. The number of aliphatic hydroxyl groups is 1. The number of furan rings is 1. The van der Waals surface area contributed by atoms with Crippen LogP contribution in [0.2, 0.25) is 0 Å². The van der Waals surface area contributed by atoms with Crippen molar-refractivity contribution in [2.45, 2.75) is 38.1 Å². The summed E-state index contributed by atoms with van der Waals surface area (Å²) in [6, 6.07) is 1.86. The molecule has 4 heteroatoms. The number of ether oxygens (including phenoxy) is 2. The van der Waals surface area contributed by atoms with E-state index in [0.29, 0.717) is 6.42 Å². The van der Waals surface area contributed by atoms with Crippen LogP contribution in [-0.4, -0.2) is 24.6 Å². The lowest BCUT2D eigenvalue weighted by molar-refractivity contribution is -0.192. The van der Waals surface area contributed by atoms with Crippen LogP contribution in [-0.2, 0) is 9.47 Å². The van der Waals surface area contributed by atoms with E-state index in [4.69, 9.17) is 19.0 Å². The molecule has 1 fully saturated rings. The lowest BCUT2D eigenvalue weighted by Gasteiger charge is -2.27. The summed E-state index contributed by atoms with van der Waals surface area (Å²) in [7, 11) is 0. The molecule has 2 atom stereocenters. The molecule has 0 amide bonds. The third kappa shape index (κ3) is 3.07. The normalized spacial score (nSPS) is 23.2. The van der Waals surface area contributed by atoms with Crippen molar-refractivity contribution in [2.75, 3.05) is 13.2 Å². The molecule has 90 valence electrons. The highest BCUT2D eigenvalue weighted by atomic mass is 16.7. The van der Waals surface area contributed by atoms with Gasteiger partial charge in [0, 0.05) is 25.2 Å². The molecule has 1 saturated heterocycles. The third-order valence-corrected chi connectivity index (χ3v) is 2.76. The van der Waals surface area contributed by atoms with E-state index in [0.717, 1.165) is 31.4 Å². The van der Waals surface area contributed by atoms with E-state index in [1.165, 1.54) is 0 Å². The molecular formula is C12H18O4. The Morgan fingerprint density at radius 1 is 1.50 bits per heavy atom. The number of rotatable bonds is 5. The molecule has 1 aromatic heterocycles. The quantitative estimate of drug-likeness (QED) is 0.836. The van der Waals surface area contributed by atoms with Crippen molar-refractivity contribution >= 4 is 0 Å². The zero-order valence-electron chi connectivity index (χ0n) is 9.30. The summed E-state index contributed by atoms with van der Waals surface area (Å²) < 4.78 is 16.4. The molecule has 2 rings (SSSR count). The molecule has 1 N–H and O–H groups in total. The largest absolute Gasteiger partial charge is 0.472 e. The Hall–Kier alpha value is -0.840. The first-order chi connectivity index (χ1) is 7.90. The Bertz CT molecular complexity index is 277. The van der Waals surface area contributed by atoms with Crippen LogP contribution in [0.3, 0.4) is 0 Å². The molecule has 1 aromatic rings. The molecular weight excluding hydrogens is 208 g/mol. The van der Waals surface area contributed by atoms with Crippen LogP contribution in [0.4, 0.5) is 0 Å². The molecule has 0 aromatic carbocycles. The Morgan fingerprint density at radius 2 is 2.44 bits per heavy atom. The van der Waals surface area contributed by atoms with Crippen LogP contribution in [0.1, 0.15) is 37.4 Å². The van der Waals surface area contributed by atoms with Crippen LogP contribution in [0.15, 0.2) is 23.0 Å². The monoisotopic (exact) mass is 226 g/mol. The van der Waals surface area contributed by atoms with Crippen molar-refractivity contribution in [1.82, 2.24) is 0 Å². The van der Waals surface area contributed by atoms with Gasteiger partial charge >= 0.3 is 0 Å². The summed E-state index contributed by atoms with van der Waals surface area (Å²) in [5.41, 5.74) is 0.961. The van der Waals surface area contributed by atoms with Crippen molar-refractivity contribution in [3.8, 4) is 0 Å². The van der Waals surface area contributed by atoms with Crippen LogP contribution in [0.5, 0.6) is 0 Å². The summed E-state index contributed by atoms with van der Waals surface area (Å²) in [6.45, 7) is 0.866. The minimum Gasteiger partial charge on any atom is -0.472 e. The molecule has 1 aliphatic heterocycles. The predicted octanol–water partition coefficient (Wildman–Crippen LogP) is 2.25. The second kappa shape index (κ2) is 6.03. The zero-order chi connectivity index (χ0) is 11.2. The molecule has 2 unspecified atom stereocenters. The van der Waals surface area contributed by atoms with Gasteiger partial charge in [0.05, 0.1) is 18.6 Å². The number of hydrogen-bond donors (Lipinski definition) is 1. The Morgan fingerprint density at radius 3 is 3.06 bits per heavy atom. The number of aliphatic hydroxyl groups excluding tert-OH is 1. The van der Waals surface area contributed by atoms with E-state index in [2.05, 4.69) is 0 Å². The molecule has 16 heavy (non-hydrogen) atoms. The van der Waals surface area contributed by atoms with Gasteiger partial charge in [-0.1, -0.05) is 0 Å². The maximum Gasteiger partial charge on any atom is 0.158 e. The maximum atomic E-state index is 9.01. The molecule has 0 radical (unpaired) electrons. The summed E-state index contributed by atoms with van der Waals surface area (Å²) in [5, 5.41) is 9.01. The average Bonchev–Trinajstić information content (AvgIpc) is 2.83. The summed E-state index contributed by atoms with van der Waals surface area (Å²) in [6.07, 6.45) is 6.75. The van der Waals surface area contributed by atoms with Crippen molar-refractivity contribution < 1.29 is 19.0 Å². The van der Waals surface area contributed by atoms with Gasteiger partial charge in [0.25, 0.3) is 0 Å². The van der Waals surface area contributed by atoms with Gasteiger partial charge in [-0.05, 0) is 25.3 Å². The Labute approximate surface area is 95.2 Å². The van der Waals surface area contributed by atoms with E-state index < -0.39 is 0 Å². The smallest absolute Gasteiger partial charge is 0.158 e. The molecule has 0 spiro atoms. The number of hydrogen-bond acceptors (Lipinski definition) is 4.